The van der Waals surface area contributed by atoms with Crippen LogP contribution in [-0.4, -0.2) is 24.6 Å². The van der Waals surface area contributed by atoms with Gasteiger partial charge in [0.1, 0.15) is 0 Å². The highest BCUT2D eigenvalue weighted by atomic mass is 32.1. The van der Waals surface area contributed by atoms with Gasteiger partial charge in [-0.05, 0) is 32.2 Å². The van der Waals surface area contributed by atoms with Crippen LogP contribution < -0.4 is 10.2 Å². The molecule has 2 aliphatic heterocycles. The second-order valence-electron chi connectivity index (χ2n) is 5.11. The second kappa shape index (κ2) is 5.36. The van der Waals surface area contributed by atoms with Crippen molar-refractivity contribution in [3.8, 4) is 0 Å². The van der Waals surface area contributed by atoms with Gasteiger partial charge in [-0.3, -0.25) is 0 Å². The minimum Gasteiger partial charge on any atom is -0.348 e. The summed E-state index contributed by atoms with van der Waals surface area (Å²) in [5, 5.41) is 7.03. The maximum Gasteiger partial charge on any atom is 0.185 e. The van der Waals surface area contributed by atoms with Gasteiger partial charge in [0.2, 0.25) is 0 Å². The zero-order chi connectivity index (χ0) is 11.5. The van der Waals surface area contributed by atoms with Crippen LogP contribution in [0, 0.1) is 0 Å². The maximum absolute atomic E-state index is 4.84. The zero-order valence-corrected chi connectivity index (χ0v) is 11.1. The van der Waals surface area contributed by atoms with Crippen molar-refractivity contribution in [3.05, 3.63) is 11.1 Å². The van der Waals surface area contributed by atoms with E-state index in [1.807, 2.05) is 11.3 Å². The number of nitrogens with one attached hydrogen (secondary N) is 1. The van der Waals surface area contributed by atoms with Gasteiger partial charge in [0.15, 0.2) is 5.13 Å². The highest BCUT2D eigenvalue weighted by molar-refractivity contribution is 7.13. The Bertz CT molecular complexity index is 349. The molecule has 94 valence electrons. The molecule has 1 aromatic heterocycles. The molecule has 3 heterocycles. The smallest absolute Gasteiger partial charge is 0.185 e. The van der Waals surface area contributed by atoms with E-state index < -0.39 is 0 Å². The topological polar surface area (TPSA) is 28.2 Å². The Labute approximate surface area is 107 Å². The largest absolute Gasteiger partial charge is 0.348 e. The van der Waals surface area contributed by atoms with E-state index in [4.69, 9.17) is 4.98 Å². The third-order valence-electron chi connectivity index (χ3n) is 3.80. The van der Waals surface area contributed by atoms with Gasteiger partial charge in [0, 0.05) is 18.5 Å². The minimum atomic E-state index is 0.520. The van der Waals surface area contributed by atoms with Crippen LogP contribution >= 0.6 is 11.3 Å². The van der Waals surface area contributed by atoms with E-state index in [0.29, 0.717) is 6.04 Å². The van der Waals surface area contributed by atoms with Crippen LogP contribution in [0.5, 0.6) is 0 Å². The molecule has 0 saturated carbocycles. The normalized spacial score (nSPS) is 26.1. The molecule has 2 aliphatic rings. The summed E-state index contributed by atoms with van der Waals surface area (Å²) in [6.45, 7) is 3.55. The van der Waals surface area contributed by atoms with E-state index in [1.54, 1.807) is 0 Å². The molecule has 0 bridgehead atoms. The third kappa shape index (κ3) is 2.63. The second-order valence-corrected chi connectivity index (χ2v) is 5.94. The molecule has 1 atom stereocenters. The molecular weight excluding hydrogens is 230 g/mol. The summed E-state index contributed by atoms with van der Waals surface area (Å²) in [6.07, 6.45) is 7.98. The molecule has 0 spiro atoms. The van der Waals surface area contributed by atoms with Crippen molar-refractivity contribution in [1.29, 1.82) is 0 Å². The Hall–Kier alpha value is -0.610. The lowest BCUT2D eigenvalue weighted by Gasteiger charge is -2.18. The van der Waals surface area contributed by atoms with Gasteiger partial charge < -0.3 is 10.2 Å². The number of rotatable bonds is 2. The Morgan fingerprint density at radius 3 is 2.71 bits per heavy atom. The molecule has 0 aliphatic carbocycles. The summed E-state index contributed by atoms with van der Waals surface area (Å²) in [7, 11) is 0. The Morgan fingerprint density at radius 2 is 2.00 bits per heavy atom. The molecule has 1 unspecified atom stereocenters. The van der Waals surface area contributed by atoms with Gasteiger partial charge >= 0.3 is 0 Å². The van der Waals surface area contributed by atoms with Crippen molar-refractivity contribution in [2.45, 2.75) is 44.6 Å². The van der Waals surface area contributed by atoms with Crippen molar-refractivity contribution in [1.82, 2.24) is 10.3 Å². The predicted molar refractivity (Wildman–Crippen MR) is 72.8 cm³/mol. The summed E-state index contributed by atoms with van der Waals surface area (Å²) in [5.41, 5.74) is 1.27. The fraction of sp³-hybridized carbons (Fsp3) is 0.769. The van der Waals surface area contributed by atoms with E-state index in [0.717, 1.165) is 6.54 Å². The third-order valence-corrected chi connectivity index (χ3v) is 4.72. The number of aromatic nitrogens is 1. The monoisotopic (exact) mass is 251 g/mol. The van der Waals surface area contributed by atoms with Gasteiger partial charge in [-0.25, -0.2) is 4.98 Å². The lowest BCUT2D eigenvalue weighted by Crippen LogP contribution is -2.23. The molecule has 17 heavy (non-hydrogen) atoms. The van der Waals surface area contributed by atoms with Crippen molar-refractivity contribution < 1.29 is 0 Å². The van der Waals surface area contributed by atoms with Crippen LogP contribution in [0.2, 0.25) is 0 Å². The van der Waals surface area contributed by atoms with Crippen LogP contribution in [0.25, 0.3) is 0 Å². The summed E-state index contributed by atoms with van der Waals surface area (Å²) in [6, 6.07) is 0.520. The average molecular weight is 251 g/mol. The van der Waals surface area contributed by atoms with Crippen LogP contribution in [0.1, 0.15) is 50.3 Å². The molecule has 3 nitrogen and oxygen atoms in total. The molecule has 1 N–H and O–H groups in total. The van der Waals surface area contributed by atoms with Crippen molar-refractivity contribution in [2.75, 3.05) is 24.5 Å². The van der Waals surface area contributed by atoms with Gasteiger partial charge in [-0.2, -0.15) is 0 Å². The summed E-state index contributed by atoms with van der Waals surface area (Å²) >= 11 is 1.83. The fourth-order valence-corrected chi connectivity index (χ4v) is 3.71. The molecule has 0 aromatic carbocycles. The molecule has 3 rings (SSSR count). The first-order valence-corrected chi connectivity index (χ1v) is 7.75. The molecule has 0 radical (unpaired) electrons. The molecule has 2 saturated heterocycles. The number of anilines is 1. The summed E-state index contributed by atoms with van der Waals surface area (Å²) in [4.78, 5) is 7.32. The van der Waals surface area contributed by atoms with Gasteiger partial charge in [0.25, 0.3) is 0 Å². The van der Waals surface area contributed by atoms with Crippen molar-refractivity contribution in [3.63, 3.8) is 0 Å². The van der Waals surface area contributed by atoms with E-state index in [2.05, 4.69) is 15.6 Å². The van der Waals surface area contributed by atoms with Crippen LogP contribution in [0.4, 0.5) is 5.13 Å². The van der Waals surface area contributed by atoms with Crippen LogP contribution in [-0.2, 0) is 0 Å². The zero-order valence-electron chi connectivity index (χ0n) is 10.3. The molecule has 0 amide bonds. The lowest BCUT2D eigenvalue weighted by molar-refractivity contribution is 0.630. The van der Waals surface area contributed by atoms with Crippen molar-refractivity contribution in [2.24, 2.45) is 0 Å². The van der Waals surface area contributed by atoms with Gasteiger partial charge in [-0.1, -0.05) is 12.8 Å². The van der Waals surface area contributed by atoms with E-state index in [9.17, 15) is 0 Å². The predicted octanol–water partition coefficient (Wildman–Crippen LogP) is 2.95. The summed E-state index contributed by atoms with van der Waals surface area (Å²) in [5.74, 6) is 0. The average Bonchev–Trinajstić information content (AvgIpc) is 2.95. The van der Waals surface area contributed by atoms with E-state index in [1.165, 1.54) is 62.4 Å². The van der Waals surface area contributed by atoms with E-state index >= 15 is 0 Å². The first-order chi connectivity index (χ1) is 8.43. The van der Waals surface area contributed by atoms with Gasteiger partial charge in [-0.15, -0.1) is 11.3 Å². The van der Waals surface area contributed by atoms with Crippen LogP contribution in [0.15, 0.2) is 5.38 Å². The molecule has 1 aromatic rings. The quantitative estimate of drug-likeness (QED) is 0.876. The fourth-order valence-electron chi connectivity index (χ4n) is 2.78. The van der Waals surface area contributed by atoms with Gasteiger partial charge in [0.05, 0.1) is 11.7 Å². The Kier molecular flexibility index (Phi) is 3.62. The first kappa shape index (κ1) is 11.5. The first-order valence-electron chi connectivity index (χ1n) is 6.87. The highest BCUT2D eigenvalue weighted by Gasteiger charge is 2.20. The lowest BCUT2D eigenvalue weighted by atomic mass is 10.2. The maximum atomic E-state index is 4.84. The standard InChI is InChI=1S/C13H21N3S/c1-2-4-9-16(8-3-1)13-15-12(10-17-13)11-6-5-7-14-11/h10-11,14H,1-9H2. The van der Waals surface area contributed by atoms with Crippen molar-refractivity contribution >= 4 is 16.5 Å². The minimum absolute atomic E-state index is 0.520. The molecular formula is C13H21N3S. The summed E-state index contributed by atoms with van der Waals surface area (Å²) < 4.78 is 0. The molecule has 4 heteroatoms. The number of hydrogen-bond donors (Lipinski definition) is 1. The SMILES string of the molecule is c1sc(N2CCCCCC2)nc1C1CCCN1. The Balaban J connectivity index is 1.70. The highest BCUT2D eigenvalue weighted by Crippen LogP contribution is 2.29. The van der Waals surface area contributed by atoms with E-state index in [-0.39, 0.29) is 0 Å². The molecule has 2 fully saturated rings. The number of hydrogen-bond acceptors (Lipinski definition) is 4. The van der Waals surface area contributed by atoms with Crippen LogP contribution in [0.3, 0.4) is 0 Å². The number of nitrogens with zero attached hydrogens (tertiary/aromatic N) is 2. The Morgan fingerprint density at radius 1 is 1.18 bits per heavy atom. The number of thiazole rings is 1.